The van der Waals surface area contributed by atoms with Crippen molar-refractivity contribution in [1.29, 1.82) is 0 Å². The second-order valence-electron chi connectivity index (χ2n) is 5.69. The lowest BCUT2D eigenvalue weighted by atomic mass is 10.1. The highest BCUT2D eigenvalue weighted by Crippen LogP contribution is 2.29. The van der Waals surface area contributed by atoms with Crippen molar-refractivity contribution < 1.29 is 9.59 Å². The summed E-state index contributed by atoms with van der Waals surface area (Å²) in [4.78, 5) is 36.9. The van der Waals surface area contributed by atoms with Crippen LogP contribution >= 0.6 is 38.6 Å². The third kappa shape index (κ3) is 3.55. The first-order chi connectivity index (χ1) is 12.6. The van der Waals surface area contributed by atoms with E-state index >= 15 is 0 Å². The van der Waals surface area contributed by atoms with Crippen LogP contribution in [0.2, 0.25) is 0 Å². The number of nitrogens with zero attached hydrogens (tertiary/aromatic N) is 3. The fourth-order valence-electron chi connectivity index (χ4n) is 2.70. The van der Waals surface area contributed by atoms with Gasteiger partial charge in [-0.05, 0) is 33.4 Å². The average Bonchev–Trinajstić information content (AvgIpc) is 3.29. The van der Waals surface area contributed by atoms with Crippen molar-refractivity contribution in [2.24, 2.45) is 0 Å². The van der Waals surface area contributed by atoms with Gasteiger partial charge in [0, 0.05) is 34.7 Å². The number of hydrogen-bond acceptors (Lipinski definition) is 6. The Kier molecular flexibility index (Phi) is 4.84. The minimum absolute atomic E-state index is 0.0537. The summed E-state index contributed by atoms with van der Waals surface area (Å²) in [6.45, 7) is 1.09. The number of carbonyl (C=O) groups is 2. The normalized spacial score (nSPS) is 13.3. The molecular formula is C17H13BrN4O2S2. The molecule has 26 heavy (non-hydrogen) atoms. The highest BCUT2D eigenvalue weighted by Gasteiger charge is 2.25. The zero-order valence-electron chi connectivity index (χ0n) is 13.4. The molecule has 1 N–H and O–H groups in total. The Morgan fingerprint density at radius 2 is 2.19 bits per heavy atom. The highest BCUT2D eigenvalue weighted by molar-refractivity contribution is 9.10. The summed E-state index contributed by atoms with van der Waals surface area (Å²) in [7, 11) is 0. The molecule has 0 saturated carbocycles. The molecular weight excluding hydrogens is 436 g/mol. The first kappa shape index (κ1) is 17.3. The van der Waals surface area contributed by atoms with Crippen molar-refractivity contribution in [2.45, 2.75) is 13.0 Å². The van der Waals surface area contributed by atoms with E-state index in [1.165, 1.54) is 22.7 Å². The molecule has 0 spiro atoms. The first-order valence-corrected chi connectivity index (χ1v) is 10.3. The summed E-state index contributed by atoms with van der Waals surface area (Å²) in [5.41, 5.74) is 1.51. The van der Waals surface area contributed by atoms with Gasteiger partial charge >= 0.3 is 0 Å². The van der Waals surface area contributed by atoms with Gasteiger partial charge in [-0.25, -0.2) is 4.98 Å². The number of thiophene rings is 1. The molecule has 0 aliphatic carbocycles. The van der Waals surface area contributed by atoms with Gasteiger partial charge in [-0.15, -0.1) is 11.3 Å². The first-order valence-electron chi connectivity index (χ1n) is 7.83. The van der Waals surface area contributed by atoms with Crippen molar-refractivity contribution in [3.8, 4) is 0 Å². The monoisotopic (exact) mass is 448 g/mol. The maximum Gasteiger partial charge on any atom is 0.267 e. The summed E-state index contributed by atoms with van der Waals surface area (Å²) >= 11 is 6.16. The molecule has 2 amide bonds. The predicted octanol–water partition coefficient (Wildman–Crippen LogP) is 3.81. The van der Waals surface area contributed by atoms with Gasteiger partial charge in [0.05, 0.1) is 22.7 Å². The summed E-state index contributed by atoms with van der Waals surface area (Å²) < 4.78 is 0.775. The zero-order valence-corrected chi connectivity index (χ0v) is 16.7. The molecule has 0 atom stereocenters. The van der Waals surface area contributed by atoms with Gasteiger partial charge in [0.1, 0.15) is 0 Å². The molecule has 4 heterocycles. The highest BCUT2D eigenvalue weighted by atomic mass is 79.9. The van der Waals surface area contributed by atoms with Crippen LogP contribution in [0.25, 0.3) is 0 Å². The standard InChI is InChI=1S/C17H13BrN4O2S2/c18-11-6-10(7-19-8-11)16(24)22-4-3-12-14(9-22)26-17(20-12)21-15(23)13-2-1-5-25-13/h1-2,5-8H,3-4,9H2,(H,20,21,23). The molecule has 0 radical (unpaired) electrons. The van der Waals surface area contributed by atoms with Gasteiger partial charge in [-0.1, -0.05) is 17.4 Å². The van der Waals surface area contributed by atoms with E-state index in [0.29, 0.717) is 35.1 Å². The average molecular weight is 449 g/mol. The minimum Gasteiger partial charge on any atom is -0.333 e. The SMILES string of the molecule is O=C(Nc1nc2c(s1)CN(C(=O)c1cncc(Br)c1)CC2)c1cccs1. The third-order valence-corrected chi connectivity index (χ3v) is 6.24. The van der Waals surface area contributed by atoms with Gasteiger partial charge in [0.15, 0.2) is 5.13 Å². The van der Waals surface area contributed by atoms with Crippen molar-refractivity contribution in [3.63, 3.8) is 0 Å². The van der Waals surface area contributed by atoms with E-state index in [1.807, 2.05) is 11.4 Å². The van der Waals surface area contributed by atoms with E-state index in [4.69, 9.17) is 0 Å². The van der Waals surface area contributed by atoms with Crippen molar-refractivity contribution in [3.05, 3.63) is 61.5 Å². The fraction of sp³-hybridized carbons (Fsp3) is 0.176. The molecule has 3 aromatic rings. The smallest absolute Gasteiger partial charge is 0.267 e. The van der Waals surface area contributed by atoms with Crippen molar-refractivity contribution in [1.82, 2.24) is 14.9 Å². The second kappa shape index (κ2) is 7.26. The zero-order chi connectivity index (χ0) is 18.1. The summed E-state index contributed by atoms with van der Waals surface area (Å²) in [6, 6.07) is 5.39. The number of carbonyl (C=O) groups excluding carboxylic acids is 2. The Hall–Kier alpha value is -2.10. The van der Waals surface area contributed by atoms with Gasteiger partial charge < -0.3 is 4.90 Å². The lowest BCUT2D eigenvalue weighted by Crippen LogP contribution is -2.35. The summed E-state index contributed by atoms with van der Waals surface area (Å²) in [5, 5.41) is 5.28. The van der Waals surface area contributed by atoms with Crippen LogP contribution in [0, 0.1) is 0 Å². The quantitative estimate of drug-likeness (QED) is 0.660. The second-order valence-corrected chi connectivity index (χ2v) is 8.64. The molecule has 0 bridgehead atoms. The number of pyridine rings is 1. The molecule has 1 aliphatic rings. The molecule has 0 saturated heterocycles. The Labute approximate surface area is 166 Å². The molecule has 0 fully saturated rings. The van der Waals surface area contributed by atoms with Crippen LogP contribution in [-0.4, -0.2) is 33.2 Å². The van der Waals surface area contributed by atoms with Gasteiger partial charge in [-0.2, -0.15) is 0 Å². The van der Waals surface area contributed by atoms with Crippen LogP contribution in [0.5, 0.6) is 0 Å². The Bertz CT molecular complexity index is 971. The van der Waals surface area contributed by atoms with Crippen LogP contribution in [0.3, 0.4) is 0 Å². The van der Waals surface area contributed by atoms with E-state index < -0.39 is 0 Å². The maximum atomic E-state index is 12.7. The van der Waals surface area contributed by atoms with Crippen LogP contribution < -0.4 is 5.32 Å². The number of fused-ring (bicyclic) bond motifs is 1. The lowest BCUT2D eigenvalue weighted by Gasteiger charge is -2.26. The van der Waals surface area contributed by atoms with Gasteiger partial charge in [0.25, 0.3) is 11.8 Å². The number of thiazole rings is 1. The Balaban J connectivity index is 1.48. The minimum atomic E-state index is -0.153. The van der Waals surface area contributed by atoms with Crippen molar-refractivity contribution in [2.75, 3.05) is 11.9 Å². The Morgan fingerprint density at radius 3 is 2.96 bits per heavy atom. The molecule has 132 valence electrons. The summed E-state index contributed by atoms with van der Waals surface area (Å²) in [5.74, 6) is -0.207. The molecule has 3 aromatic heterocycles. The molecule has 0 unspecified atom stereocenters. The van der Waals surface area contributed by atoms with E-state index in [-0.39, 0.29) is 11.8 Å². The maximum absolute atomic E-state index is 12.7. The van der Waals surface area contributed by atoms with Crippen LogP contribution in [0.1, 0.15) is 30.6 Å². The number of nitrogens with one attached hydrogen (secondary N) is 1. The summed E-state index contributed by atoms with van der Waals surface area (Å²) in [6.07, 6.45) is 3.90. The predicted molar refractivity (Wildman–Crippen MR) is 105 cm³/mol. The van der Waals surface area contributed by atoms with Crippen molar-refractivity contribution >= 4 is 55.5 Å². The molecule has 6 nitrogen and oxygen atoms in total. The largest absolute Gasteiger partial charge is 0.333 e. The Morgan fingerprint density at radius 1 is 1.31 bits per heavy atom. The molecule has 4 rings (SSSR count). The number of rotatable bonds is 3. The van der Waals surface area contributed by atoms with E-state index in [2.05, 4.69) is 31.2 Å². The number of aromatic nitrogens is 2. The molecule has 0 aromatic carbocycles. The van der Waals surface area contributed by atoms with Gasteiger partial charge in [-0.3, -0.25) is 19.9 Å². The van der Waals surface area contributed by atoms with E-state index in [1.54, 1.807) is 29.4 Å². The molecule has 1 aliphatic heterocycles. The fourth-order valence-corrected chi connectivity index (χ4v) is 4.70. The third-order valence-electron chi connectivity index (χ3n) is 3.94. The van der Waals surface area contributed by atoms with Crippen LogP contribution in [-0.2, 0) is 13.0 Å². The topological polar surface area (TPSA) is 75.2 Å². The van der Waals surface area contributed by atoms with Crippen LogP contribution in [0.4, 0.5) is 5.13 Å². The number of anilines is 1. The van der Waals surface area contributed by atoms with E-state index in [0.717, 1.165) is 15.0 Å². The number of hydrogen-bond donors (Lipinski definition) is 1. The van der Waals surface area contributed by atoms with Crippen LogP contribution in [0.15, 0.2) is 40.4 Å². The van der Waals surface area contributed by atoms with Gasteiger partial charge in [0.2, 0.25) is 0 Å². The lowest BCUT2D eigenvalue weighted by molar-refractivity contribution is 0.0735. The molecule has 9 heteroatoms. The van der Waals surface area contributed by atoms with E-state index in [9.17, 15) is 9.59 Å². The number of halogens is 1. The number of amides is 2.